The number of hydrogen-bond acceptors (Lipinski definition) is 4. The molecule has 0 saturated carbocycles. The summed E-state index contributed by atoms with van der Waals surface area (Å²) in [6.07, 6.45) is 1.78. The van der Waals surface area contributed by atoms with Gasteiger partial charge < -0.3 is 11.1 Å². The number of nitrogens with two attached hydrogens (primary N) is 1. The van der Waals surface area contributed by atoms with Gasteiger partial charge in [-0.15, -0.1) is 0 Å². The number of benzene rings is 1. The molecule has 4 nitrogen and oxygen atoms in total. The Bertz CT molecular complexity index is 780. The minimum absolute atomic E-state index is 0.285. The molecule has 0 unspecified atom stereocenters. The van der Waals surface area contributed by atoms with Gasteiger partial charge in [0.15, 0.2) is 0 Å². The summed E-state index contributed by atoms with van der Waals surface area (Å²) in [6, 6.07) is 15.4. The molecule has 3 rings (SSSR count). The van der Waals surface area contributed by atoms with Gasteiger partial charge in [0.1, 0.15) is 10.8 Å². The Labute approximate surface area is 121 Å². The minimum Gasteiger partial charge on any atom is -0.388 e. The average Bonchev–Trinajstić information content (AvgIpc) is 2.48. The standard InChI is InChI=1S/C15H12N4S/c16-15(20)13-7-2-8-14(19-13)18-12-6-1-5-11-10(12)4-3-9-17-11/h1-9H,(H2,16,20)(H,18,19). The molecule has 20 heavy (non-hydrogen) atoms. The first kappa shape index (κ1) is 12.5. The molecular weight excluding hydrogens is 268 g/mol. The predicted molar refractivity (Wildman–Crippen MR) is 85.2 cm³/mol. The lowest BCUT2D eigenvalue weighted by molar-refractivity contribution is 1.28. The number of hydrogen-bond donors (Lipinski definition) is 2. The van der Waals surface area contributed by atoms with Crippen LogP contribution in [0, 0.1) is 0 Å². The van der Waals surface area contributed by atoms with Crippen LogP contribution >= 0.6 is 12.2 Å². The van der Waals surface area contributed by atoms with E-state index in [1.54, 1.807) is 12.3 Å². The van der Waals surface area contributed by atoms with Crippen LogP contribution in [0.25, 0.3) is 10.9 Å². The lowest BCUT2D eigenvalue weighted by Gasteiger charge is -2.09. The lowest BCUT2D eigenvalue weighted by atomic mass is 10.2. The van der Waals surface area contributed by atoms with Crippen LogP contribution in [-0.2, 0) is 0 Å². The molecule has 2 aromatic heterocycles. The molecular formula is C15H12N4S. The zero-order chi connectivity index (χ0) is 13.9. The van der Waals surface area contributed by atoms with Crippen molar-refractivity contribution in [1.29, 1.82) is 0 Å². The van der Waals surface area contributed by atoms with Gasteiger partial charge in [-0.2, -0.15) is 0 Å². The number of nitrogens with zero attached hydrogens (tertiary/aromatic N) is 2. The third-order valence-corrected chi connectivity index (χ3v) is 3.12. The van der Waals surface area contributed by atoms with Crippen molar-refractivity contribution in [2.24, 2.45) is 5.73 Å². The number of anilines is 2. The highest BCUT2D eigenvalue weighted by molar-refractivity contribution is 7.80. The van der Waals surface area contributed by atoms with Crippen LogP contribution < -0.4 is 11.1 Å². The summed E-state index contributed by atoms with van der Waals surface area (Å²) < 4.78 is 0. The van der Waals surface area contributed by atoms with Gasteiger partial charge in [0.25, 0.3) is 0 Å². The number of fused-ring (bicyclic) bond motifs is 1. The van der Waals surface area contributed by atoms with E-state index in [1.165, 1.54) is 0 Å². The van der Waals surface area contributed by atoms with Crippen LogP contribution in [-0.4, -0.2) is 15.0 Å². The van der Waals surface area contributed by atoms with Crippen molar-refractivity contribution >= 4 is 39.6 Å². The zero-order valence-electron chi connectivity index (χ0n) is 10.6. The van der Waals surface area contributed by atoms with Gasteiger partial charge in [0, 0.05) is 17.3 Å². The van der Waals surface area contributed by atoms with Gasteiger partial charge in [-0.3, -0.25) is 4.98 Å². The average molecular weight is 280 g/mol. The normalized spacial score (nSPS) is 10.4. The summed E-state index contributed by atoms with van der Waals surface area (Å²) in [7, 11) is 0. The van der Waals surface area contributed by atoms with Crippen LogP contribution in [0.1, 0.15) is 5.69 Å². The van der Waals surface area contributed by atoms with Crippen molar-refractivity contribution in [3.05, 3.63) is 60.4 Å². The molecule has 5 heteroatoms. The summed E-state index contributed by atoms with van der Waals surface area (Å²) in [6.45, 7) is 0. The molecule has 3 N–H and O–H groups in total. The van der Waals surface area contributed by atoms with Crippen LogP contribution in [0.5, 0.6) is 0 Å². The number of thiocarbonyl (C=S) groups is 1. The number of pyridine rings is 2. The third-order valence-electron chi connectivity index (χ3n) is 2.91. The summed E-state index contributed by atoms with van der Waals surface area (Å²) in [5, 5.41) is 4.32. The molecule has 3 aromatic rings. The first-order valence-electron chi connectivity index (χ1n) is 6.12. The molecule has 0 amide bonds. The van der Waals surface area contributed by atoms with E-state index >= 15 is 0 Å². The second-order valence-electron chi connectivity index (χ2n) is 4.27. The van der Waals surface area contributed by atoms with Gasteiger partial charge in [-0.05, 0) is 36.4 Å². The Kier molecular flexibility index (Phi) is 3.26. The molecule has 98 valence electrons. The van der Waals surface area contributed by atoms with Crippen molar-refractivity contribution in [2.45, 2.75) is 0 Å². The smallest absolute Gasteiger partial charge is 0.131 e. The highest BCUT2D eigenvalue weighted by Crippen LogP contribution is 2.24. The largest absolute Gasteiger partial charge is 0.388 e. The predicted octanol–water partition coefficient (Wildman–Crippen LogP) is 3.01. The van der Waals surface area contributed by atoms with Gasteiger partial charge in [-0.25, -0.2) is 4.98 Å². The van der Waals surface area contributed by atoms with Gasteiger partial charge >= 0.3 is 0 Å². The first-order valence-corrected chi connectivity index (χ1v) is 6.52. The van der Waals surface area contributed by atoms with Crippen LogP contribution in [0.3, 0.4) is 0 Å². The van der Waals surface area contributed by atoms with Crippen molar-refractivity contribution in [3.8, 4) is 0 Å². The third kappa shape index (κ3) is 2.44. The Balaban J connectivity index is 2.01. The molecule has 0 fully saturated rings. The molecule has 0 aliphatic carbocycles. The van der Waals surface area contributed by atoms with E-state index in [2.05, 4.69) is 15.3 Å². The Hall–Kier alpha value is -2.53. The van der Waals surface area contributed by atoms with E-state index in [0.717, 1.165) is 16.6 Å². The van der Waals surface area contributed by atoms with Crippen molar-refractivity contribution in [3.63, 3.8) is 0 Å². The van der Waals surface area contributed by atoms with E-state index < -0.39 is 0 Å². The van der Waals surface area contributed by atoms with E-state index in [1.807, 2.05) is 42.5 Å². The van der Waals surface area contributed by atoms with Crippen LogP contribution in [0.2, 0.25) is 0 Å². The van der Waals surface area contributed by atoms with Gasteiger partial charge in [0.2, 0.25) is 0 Å². The van der Waals surface area contributed by atoms with E-state index in [4.69, 9.17) is 18.0 Å². The summed E-state index contributed by atoms with van der Waals surface area (Å²) in [5.41, 5.74) is 8.08. The monoisotopic (exact) mass is 280 g/mol. The van der Waals surface area contributed by atoms with Gasteiger partial charge in [-0.1, -0.05) is 24.4 Å². The molecule has 0 spiro atoms. The highest BCUT2D eigenvalue weighted by atomic mass is 32.1. The zero-order valence-corrected chi connectivity index (χ0v) is 11.4. The lowest BCUT2D eigenvalue weighted by Crippen LogP contribution is -2.12. The minimum atomic E-state index is 0.285. The van der Waals surface area contributed by atoms with Crippen molar-refractivity contribution in [1.82, 2.24) is 9.97 Å². The SMILES string of the molecule is NC(=S)c1cccc(Nc2cccc3ncccc23)n1. The van der Waals surface area contributed by atoms with Crippen LogP contribution in [0.4, 0.5) is 11.5 Å². The Morgan fingerprint density at radius 3 is 2.75 bits per heavy atom. The van der Waals surface area contributed by atoms with E-state index in [0.29, 0.717) is 11.5 Å². The van der Waals surface area contributed by atoms with Crippen molar-refractivity contribution in [2.75, 3.05) is 5.32 Å². The molecule has 0 radical (unpaired) electrons. The maximum atomic E-state index is 5.60. The quantitative estimate of drug-likeness (QED) is 0.722. The summed E-state index contributed by atoms with van der Waals surface area (Å²) in [4.78, 5) is 8.99. The summed E-state index contributed by atoms with van der Waals surface area (Å²) >= 11 is 4.94. The molecule has 1 aromatic carbocycles. The molecule has 2 heterocycles. The number of nitrogens with one attached hydrogen (secondary N) is 1. The van der Waals surface area contributed by atoms with E-state index in [9.17, 15) is 0 Å². The maximum absolute atomic E-state index is 5.60. The first-order chi connectivity index (χ1) is 9.74. The molecule has 0 saturated heterocycles. The molecule has 0 aliphatic rings. The molecule has 0 aliphatic heterocycles. The second kappa shape index (κ2) is 5.22. The second-order valence-corrected chi connectivity index (χ2v) is 4.71. The molecule has 0 atom stereocenters. The summed E-state index contributed by atoms with van der Waals surface area (Å²) in [5.74, 6) is 0.701. The Morgan fingerprint density at radius 1 is 1.05 bits per heavy atom. The maximum Gasteiger partial charge on any atom is 0.131 e. The van der Waals surface area contributed by atoms with Crippen LogP contribution in [0.15, 0.2) is 54.7 Å². The fraction of sp³-hybridized carbons (Fsp3) is 0. The van der Waals surface area contributed by atoms with Gasteiger partial charge in [0.05, 0.1) is 11.2 Å². The van der Waals surface area contributed by atoms with E-state index in [-0.39, 0.29) is 4.99 Å². The topological polar surface area (TPSA) is 63.8 Å². The van der Waals surface area contributed by atoms with Crippen molar-refractivity contribution < 1.29 is 0 Å². The highest BCUT2D eigenvalue weighted by Gasteiger charge is 2.04. The fourth-order valence-corrected chi connectivity index (χ4v) is 2.11. The number of rotatable bonds is 3. The number of aromatic nitrogens is 2. The fourth-order valence-electron chi connectivity index (χ4n) is 1.99. The Morgan fingerprint density at radius 2 is 1.90 bits per heavy atom. The molecule has 0 bridgehead atoms.